The monoisotopic (exact) mass is 198 g/mol. The number of carbonyl (C=O) groups excluding carboxylic acids is 1. The van der Waals surface area contributed by atoms with Crippen molar-refractivity contribution >= 4 is 5.78 Å². The maximum atomic E-state index is 11.9. The summed E-state index contributed by atoms with van der Waals surface area (Å²) in [6.45, 7) is 9.28. The Morgan fingerprint density at radius 3 is 1.86 bits per heavy atom. The number of carbonyl (C=O) groups is 1. The van der Waals surface area contributed by atoms with Gasteiger partial charge in [0.1, 0.15) is 5.78 Å². The van der Waals surface area contributed by atoms with Gasteiger partial charge >= 0.3 is 0 Å². The van der Waals surface area contributed by atoms with Gasteiger partial charge in [0.2, 0.25) is 0 Å². The summed E-state index contributed by atoms with van der Waals surface area (Å²) in [5, 5.41) is 13.1. The Morgan fingerprint density at radius 2 is 1.57 bits per heavy atom. The Labute approximate surface area is 86.1 Å². The zero-order chi connectivity index (χ0) is 11.1. The van der Waals surface area contributed by atoms with Gasteiger partial charge in [0, 0.05) is 17.0 Å². The highest BCUT2D eigenvalue weighted by Gasteiger charge is 2.41. The van der Waals surface area contributed by atoms with E-state index in [-0.39, 0.29) is 11.7 Å². The van der Waals surface area contributed by atoms with Crippen LogP contribution in [0, 0.1) is 11.1 Å². The maximum Gasteiger partial charge on any atom is 0.133 e. The molecule has 3 nitrogen and oxygen atoms in total. The molecule has 0 N–H and O–H groups in total. The van der Waals surface area contributed by atoms with Gasteiger partial charge in [0.05, 0.1) is 0 Å². The fraction of sp³-hybridized carbons (Fsp3) is 0.909. The van der Waals surface area contributed by atoms with E-state index in [1.54, 1.807) is 6.92 Å². The van der Waals surface area contributed by atoms with E-state index in [9.17, 15) is 10.0 Å². The first-order valence-corrected chi connectivity index (χ1v) is 5.15. The number of hydroxylamine groups is 2. The number of Topliss-reactive ketones (excluding diaryl/α,β-unsaturated/α-hetero) is 1. The van der Waals surface area contributed by atoms with Gasteiger partial charge in [-0.25, -0.2) is 0 Å². The van der Waals surface area contributed by atoms with E-state index in [1.807, 2.05) is 27.7 Å². The molecule has 1 heterocycles. The lowest BCUT2D eigenvalue weighted by Gasteiger charge is -2.59. The first-order chi connectivity index (χ1) is 6.17. The van der Waals surface area contributed by atoms with Crippen molar-refractivity contribution in [2.75, 3.05) is 0 Å². The Balaban J connectivity index is 2.91. The van der Waals surface area contributed by atoms with Gasteiger partial charge in [-0.1, -0.05) is 0 Å². The predicted molar refractivity (Wildman–Crippen MR) is 56.8 cm³/mol. The predicted octanol–water partition coefficient (Wildman–Crippen LogP) is 2.34. The molecule has 0 aromatic carbocycles. The second-order valence-electron chi connectivity index (χ2n) is 5.64. The first kappa shape index (κ1) is 11.7. The number of hydrogen-bond donors (Lipinski definition) is 0. The van der Waals surface area contributed by atoms with E-state index in [1.165, 1.54) is 0 Å². The Bertz CT molecular complexity index is 228. The molecule has 82 valence electrons. The second kappa shape index (κ2) is 3.31. The van der Waals surface area contributed by atoms with Crippen LogP contribution in [0.15, 0.2) is 0 Å². The third-order valence-electron chi connectivity index (χ3n) is 3.17. The summed E-state index contributed by atoms with van der Waals surface area (Å²) >= 11 is 0. The molecular formula is C11H20NO2-. The molecule has 0 aliphatic carbocycles. The van der Waals surface area contributed by atoms with Crippen LogP contribution < -0.4 is 0 Å². The van der Waals surface area contributed by atoms with E-state index in [2.05, 4.69) is 0 Å². The SMILES string of the molecule is CC(=O)C1CC(C)(C)N([O-])C(C)(C)C1. The highest BCUT2D eigenvalue weighted by atomic mass is 16.5. The second-order valence-corrected chi connectivity index (χ2v) is 5.64. The number of piperidine rings is 1. The molecule has 0 atom stereocenters. The van der Waals surface area contributed by atoms with Crippen LogP contribution in [-0.4, -0.2) is 21.9 Å². The van der Waals surface area contributed by atoms with Crippen LogP contribution in [0.2, 0.25) is 0 Å². The van der Waals surface area contributed by atoms with Gasteiger partial charge in [0.15, 0.2) is 0 Å². The number of hydrogen-bond acceptors (Lipinski definition) is 3. The molecule has 0 bridgehead atoms. The van der Waals surface area contributed by atoms with Crippen molar-refractivity contribution in [1.82, 2.24) is 5.06 Å². The van der Waals surface area contributed by atoms with Gasteiger partial charge in [-0.05, 0) is 47.5 Å². The maximum absolute atomic E-state index is 11.9. The smallest absolute Gasteiger partial charge is 0.133 e. The lowest BCUT2D eigenvalue weighted by atomic mass is 9.74. The molecule has 1 aliphatic rings. The average molecular weight is 198 g/mol. The van der Waals surface area contributed by atoms with Crippen molar-refractivity contribution in [2.45, 2.75) is 58.5 Å². The van der Waals surface area contributed by atoms with Crippen LogP contribution in [0.1, 0.15) is 47.5 Å². The van der Waals surface area contributed by atoms with E-state index in [4.69, 9.17) is 0 Å². The normalized spacial score (nSPS) is 27.6. The molecular weight excluding hydrogens is 178 g/mol. The minimum Gasteiger partial charge on any atom is -0.784 e. The molecule has 0 unspecified atom stereocenters. The third-order valence-corrected chi connectivity index (χ3v) is 3.17. The molecule has 1 saturated heterocycles. The van der Waals surface area contributed by atoms with Crippen LogP contribution >= 0.6 is 0 Å². The molecule has 1 rings (SSSR count). The quantitative estimate of drug-likeness (QED) is 0.649. The topological polar surface area (TPSA) is 43.4 Å². The van der Waals surface area contributed by atoms with E-state index in [0.29, 0.717) is 12.8 Å². The number of rotatable bonds is 1. The van der Waals surface area contributed by atoms with E-state index < -0.39 is 11.1 Å². The van der Waals surface area contributed by atoms with Gasteiger partial charge in [-0.2, -0.15) is 0 Å². The first-order valence-electron chi connectivity index (χ1n) is 5.15. The van der Waals surface area contributed by atoms with Crippen LogP contribution in [0.5, 0.6) is 0 Å². The van der Waals surface area contributed by atoms with Crippen LogP contribution in [0.25, 0.3) is 0 Å². The van der Waals surface area contributed by atoms with Crippen LogP contribution in [-0.2, 0) is 4.79 Å². The fourth-order valence-corrected chi connectivity index (χ4v) is 2.55. The van der Waals surface area contributed by atoms with Crippen molar-refractivity contribution in [3.05, 3.63) is 5.21 Å². The molecule has 0 amide bonds. The van der Waals surface area contributed by atoms with Gasteiger partial charge in [-0.15, -0.1) is 0 Å². The summed E-state index contributed by atoms with van der Waals surface area (Å²) in [7, 11) is 0. The highest BCUT2D eigenvalue weighted by Crippen LogP contribution is 2.40. The highest BCUT2D eigenvalue weighted by molar-refractivity contribution is 5.78. The summed E-state index contributed by atoms with van der Waals surface area (Å²) in [5.74, 6) is 0.254. The van der Waals surface area contributed by atoms with Crippen molar-refractivity contribution < 1.29 is 4.79 Å². The zero-order valence-corrected chi connectivity index (χ0v) is 9.76. The Hall–Kier alpha value is -0.410. The van der Waals surface area contributed by atoms with Crippen molar-refractivity contribution in [3.63, 3.8) is 0 Å². The van der Waals surface area contributed by atoms with Gasteiger partial charge in [-0.3, -0.25) is 4.79 Å². The Morgan fingerprint density at radius 1 is 1.21 bits per heavy atom. The lowest BCUT2D eigenvalue weighted by Crippen LogP contribution is -2.58. The molecule has 0 spiro atoms. The lowest BCUT2D eigenvalue weighted by molar-refractivity contribution is -0.126. The van der Waals surface area contributed by atoms with Crippen molar-refractivity contribution in [2.24, 2.45) is 5.92 Å². The van der Waals surface area contributed by atoms with Crippen molar-refractivity contribution in [1.29, 1.82) is 0 Å². The van der Waals surface area contributed by atoms with E-state index in [0.717, 1.165) is 5.06 Å². The van der Waals surface area contributed by atoms with Gasteiger partial charge < -0.3 is 10.3 Å². The summed E-state index contributed by atoms with van der Waals surface area (Å²) < 4.78 is 0. The summed E-state index contributed by atoms with van der Waals surface area (Å²) in [4.78, 5) is 11.4. The molecule has 3 heteroatoms. The Kier molecular flexibility index (Phi) is 2.76. The molecule has 0 saturated carbocycles. The number of nitrogens with zero attached hydrogens (tertiary/aromatic N) is 1. The van der Waals surface area contributed by atoms with E-state index >= 15 is 0 Å². The molecule has 1 aliphatic heterocycles. The molecule has 0 aromatic heterocycles. The number of ketones is 1. The summed E-state index contributed by atoms with van der Waals surface area (Å²) in [5.41, 5.74) is -0.837. The molecule has 1 fully saturated rings. The minimum absolute atomic E-state index is 0.0465. The summed E-state index contributed by atoms with van der Waals surface area (Å²) in [6.07, 6.45) is 1.35. The molecule has 14 heavy (non-hydrogen) atoms. The summed E-state index contributed by atoms with van der Waals surface area (Å²) in [6, 6.07) is 0. The minimum atomic E-state index is -0.419. The third kappa shape index (κ3) is 1.98. The van der Waals surface area contributed by atoms with Gasteiger partial charge in [0.25, 0.3) is 0 Å². The largest absolute Gasteiger partial charge is 0.784 e. The zero-order valence-electron chi connectivity index (χ0n) is 9.76. The van der Waals surface area contributed by atoms with Crippen LogP contribution in [0.3, 0.4) is 0 Å². The van der Waals surface area contributed by atoms with Crippen LogP contribution in [0.4, 0.5) is 0 Å². The van der Waals surface area contributed by atoms with Crippen molar-refractivity contribution in [3.8, 4) is 0 Å². The average Bonchev–Trinajstić information content (AvgIpc) is 1.98. The molecule has 0 radical (unpaired) electrons. The fourth-order valence-electron chi connectivity index (χ4n) is 2.55. The molecule has 0 aromatic rings. The standard InChI is InChI=1S/C11H20NO2/c1-8(13)9-6-10(2,3)12(14)11(4,5)7-9/h9H,6-7H2,1-5H3/q-1.